The molecule has 0 amide bonds. The summed E-state index contributed by atoms with van der Waals surface area (Å²) in [4.78, 5) is 17.8. The number of carboxylic acid groups (broad SMARTS) is 1. The molecule has 1 saturated heterocycles. The van der Waals surface area contributed by atoms with Crippen LogP contribution in [0.25, 0.3) is 0 Å². The van der Waals surface area contributed by atoms with E-state index in [0.29, 0.717) is 12.6 Å². The van der Waals surface area contributed by atoms with Crippen molar-refractivity contribution in [2.75, 3.05) is 13.1 Å². The van der Waals surface area contributed by atoms with Gasteiger partial charge in [0.1, 0.15) is 0 Å². The van der Waals surface area contributed by atoms with Crippen molar-refractivity contribution >= 4 is 5.97 Å². The van der Waals surface area contributed by atoms with Crippen LogP contribution in [0, 0.1) is 5.92 Å². The SMILES string of the molecule is CC(C)N1C[C@H](C(=O)O)[C@@H](c2cn(C)cn2)C1. The third-order valence-electron chi connectivity index (χ3n) is 3.50. The zero-order chi connectivity index (χ0) is 12.6. The number of hydrogen-bond donors (Lipinski definition) is 1. The largest absolute Gasteiger partial charge is 0.481 e. The third-order valence-corrected chi connectivity index (χ3v) is 3.50. The van der Waals surface area contributed by atoms with E-state index in [9.17, 15) is 9.90 Å². The average Bonchev–Trinajstić information content (AvgIpc) is 2.82. The second-order valence-electron chi connectivity index (χ2n) is 5.06. The second kappa shape index (κ2) is 4.49. The number of hydrogen-bond acceptors (Lipinski definition) is 3. The molecule has 2 atom stereocenters. The summed E-state index contributed by atoms with van der Waals surface area (Å²) in [7, 11) is 1.90. The molecule has 1 fully saturated rings. The Kier molecular flexibility index (Phi) is 3.19. The van der Waals surface area contributed by atoms with Crippen molar-refractivity contribution < 1.29 is 9.90 Å². The maximum absolute atomic E-state index is 11.3. The van der Waals surface area contributed by atoms with Crippen molar-refractivity contribution in [2.24, 2.45) is 13.0 Å². The molecule has 2 heterocycles. The first kappa shape index (κ1) is 12.1. The maximum atomic E-state index is 11.3. The second-order valence-corrected chi connectivity index (χ2v) is 5.06. The Labute approximate surface area is 101 Å². The number of nitrogens with zero attached hydrogens (tertiary/aromatic N) is 3. The number of aromatic nitrogens is 2. The van der Waals surface area contributed by atoms with E-state index >= 15 is 0 Å². The Hall–Kier alpha value is -1.36. The molecule has 0 aromatic carbocycles. The van der Waals surface area contributed by atoms with Crippen molar-refractivity contribution in [3.05, 3.63) is 18.2 Å². The van der Waals surface area contributed by atoms with Gasteiger partial charge >= 0.3 is 5.97 Å². The van der Waals surface area contributed by atoms with Gasteiger partial charge in [0.2, 0.25) is 0 Å². The lowest BCUT2D eigenvalue weighted by Crippen LogP contribution is -2.29. The molecule has 1 aromatic heterocycles. The van der Waals surface area contributed by atoms with Crippen molar-refractivity contribution in [1.29, 1.82) is 0 Å². The van der Waals surface area contributed by atoms with E-state index in [-0.39, 0.29) is 11.8 Å². The predicted molar refractivity (Wildman–Crippen MR) is 63.8 cm³/mol. The van der Waals surface area contributed by atoms with Gasteiger partial charge in [-0.05, 0) is 13.8 Å². The number of imidazole rings is 1. The van der Waals surface area contributed by atoms with E-state index in [4.69, 9.17) is 0 Å². The van der Waals surface area contributed by atoms with E-state index in [1.54, 1.807) is 6.33 Å². The molecule has 2 rings (SSSR count). The molecule has 0 unspecified atom stereocenters. The monoisotopic (exact) mass is 237 g/mol. The van der Waals surface area contributed by atoms with Gasteiger partial charge in [-0.15, -0.1) is 0 Å². The zero-order valence-corrected chi connectivity index (χ0v) is 10.5. The molecule has 0 spiro atoms. The van der Waals surface area contributed by atoms with Gasteiger partial charge < -0.3 is 9.67 Å². The molecule has 1 aliphatic heterocycles. The lowest BCUT2D eigenvalue weighted by atomic mass is 9.94. The molecule has 1 aliphatic rings. The Bertz CT molecular complexity index is 414. The lowest BCUT2D eigenvalue weighted by Gasteiger charge is -2.19. The normalized spacial score (nSPS) is 25.6. The van der Waals surface area contributed by atoms with Gasteiger partial charge in [-0.25, -0.2) is 4.98 Å². The highest BCUT2D eigenvalue weighted by molar-refractivity contribution is 5.72. The Balaban J connectivity index is 2.22. The molecule has 1 N–H and O–H groups in total. The lowest BCUT2D eigenvalue weighted by molar-refractivity contribution is -0.141. The van der Waals surface area contributed by atoms with Crippen LogP contribution in [-0.2, 0) is 11.8 Å². The van der Waals surface area contributed by atoms with Crippen LogP contribution in [0.2, 0.25) is 0 Å². The predicted octanol–water partition coefficient (Wildman–Crippen LogP) is 0.928. The fourth-order valence-electron chi connectivity index (χ4n) is 2.43. The minimum Gasteiger partial charge on any atom is -0.481 e. The highest BCUT2D eigenvalue weighted by Crippen LogP contribution is 2.32. The van der Waals surface area contributed by atoms with E-state index in [1.807, 2.05) is 17.8 Å². The van der Waals surface area contributed by atoms with Crippen molar-refractivity contribution in [3.63, 3.8) is 0 Å². The molecule has 1 aromatic rings. The summed E-state index contributed by atoms with van der Waals surface area (Å²) in [5, 5.41) is 9.29. The molecule has 0 aliphatic carbocycles. The van der Waals surface area contributed by atoms with Gasteiger partial charge in [0.25, 0.3) is 0 Å². The van der Waals surface area contributed by atoms with Gasteiger partial charge in [0, 0.05) is 38.3 Å². The summed E-state index contributed by atoms with van der Waals surface area (Å²) in [6.45, 7) is 5.60. The number of rotatable bonds is 3. The average molecular weight is 237 g/mol. The molecule has 17 heavy (non-hydrogen) atoms. The Morgan fingerprint density at radius 2 is 2.24 bits per heavy atom. The molecule has 0 bridgehead atoms. The van der Waals surface area contributed by atoms with Crippen LogP contribution in [0.4, 0.5) is 0 Å². The molecule has 5 nitrogen and oxygen atoms in total. The molecule has 0 saturated carbocycles. The molecule has 5 heteroatoms. The Morgan fingerprint density at radius 1 is 1.53 bits per heavy atom. The van der Waals surface area contributed by atoms with Gasteiger partial charge in [-0.3, -0.25) is 9.69 Å². The molecule has 0 radical (unpaired) electrons. The van der Waals surface area contributed by atoms with Crippen LogP contribution >= 0.6 is 0 Å². The van der Waals surface area contributed by atoms with Crippen molar-refractivity contribution in [3.8, 4) is 0 Å². The van der Waals surface area contributed by atoms with Gasteiger partial charge in [0.15, 0.2) is 0 Å². The smallest absolute Gasteiger partial charge is 0.308 e. The van der Waals surface area contributed by atoms with Crippen LogP contribution in [-0.4, -0.2) is 44.7 Å². The summed E-state index contributed by atoms with van der Waals surface area (Å²) >= 11 is 0. The molecular formula is C12H19N3O2. The fourth-order valence-corrected chi connectivity index (χ4v) is 2.43. The van der Waals surface area contributed by atoms with Gasteiger partial charge in [-0.1, -0.05) is 0 Å². The fraction of sp³-hybridized carbons (Fsp3) is 0.667. The van der Waals surface area contributed by atoms with Crippen LogP contribution in [0.1, 0.15) is 25.5 Å². The maximum Gasteiger partial charge on any atom is 0.308 e. The van der Waals surface area contributed by atoms with Crippen LogP contribution < -0.4 is 0 Å². The van der Waals surface area contributed by atoms with Gasteiger partial charge in [-0.2, -0.15) is 0 Å². The standard InChI is InChI=1S/C12H19N3O2/c1-8(2)15-4-9(10(5-15)12(16)17)11-6-14(3)7-13-11/h6-10H,4-5H2,1-3H3,(H,16,17)/t9-,10-/m0/s1. The number of likely N-dealkylation sites (tertiary alicyclic amines) is 1. The van der Waals surface area contributed by atoms with Crippen molar-refractivity contribution in [1.82, 2.24) is 14.5 Å². The summed E-state index contributed by atoms with van der Waals surface area (Å²) in [5.41, 5.74) is 0.892. The first-order valence-corrected chi connectivity index (χ1v) is 5.93. The first-order chi connectivity index (χ1) is 7.99. The molecule has 94 valence electrons. The first-order valence-electron chi connectivity index (χ1n) is 5.93. The highest BCUT2D eigenvalue weighted by Gasteiger charge is 2.40. The van der Waals surface area contributed by atoms with Crippen LogP contribution in [0.3, 0.4) is 0 Å². The highest BCUT2D eigenvalue weighted by atomic mass is 16.4. The van der Waals surface area contributed by atoms with Crippen LogP contribution in [0.15, 0.2) is 12.5 Å². The minimum absolute atomic E-state index is 0.0103. The third kappa shape index (κ3) is 2.34. The van der Waals surface area contributed by atoms with Crippen LogP contribution in [0.5, 0.6) is 0 Å². The zero-order valence-electron chi connectivity index (χ0n) is 10.5. The van der Waals surface area contributed by atoms with E-state index in [2.05, 4.69) is 23.7 Å². The quantitative estimate of drug-likeness (QED) is 0.849. The summed E-state index contributed by atoms with van der Waals surface area (Å²) in [6, 6.07) is 0.380. The van der Waals surface area contributed by atoms with E-state index in [1.165, 1.54) is 0 Å². The topological polar surface area (TPSA) is 58.4 Å². The number of aryl methyl sites for hydroxylation is 1. The number of aliphatic carboxylic acids is 1. The summed E-state index contributed by atoms with van der Waals surface area (Å²) in [5.74, 6) is -1.05. The Morgan fingerprint density at radius 3 is 2.71 bits per heavy atom. The molecular weight excluding hydrogens is 218 g/mol. The van der Waals surface area contributed by atoms with E-state index in [0.717, 1.165) is 12.2 Å². The number of carbonyl (C=O) groups is 1. The minimum atomic E-state index is -0.719. The number of carboxylic acids is 1. The summed E-state index contributed by atoms with van der Waals surface area (Å²) < 4.78 is 1.87. The van der Waals surface area contributed by atoms with E-state index < -0.39 is 5.97 Å². The van der Waals surface area contributed by atoms with Crippen molar-refractivity contribution in [2.45, 2.75) is 25.8 Å². The van der Waals surface area contributed by atoms with Gasteiger partial charge in [0.05, 0.1) is 17.9 Å². The summed E-state index contributed by atoms with van der Waals surface area (Å²) in [6.07, 6.45) is 3.65.